The predicted molar refractivity (Wildman–Crippen MR) is 53.8 cm³/mol. The second-order valence-electron chi connectivity index (χ2n) is 2.32. The number of hydrogen-bond donors (Lipinski definition) is 4. The number of carbonyl (C=O) groups is 3. The Hall–Kier alpha value is -2.19. The van der Waals surface area contributed by atoms with Gasteiger partial charge in [0.1, 0.15) is 6.61 Å². The maximum Gasteiger partial charge on any atom is 0.330 e. The minimum absolute atomic E-state index is 0.412. The van der Waals surface area contributed by atoms with Gasteiger partial charge in [-0.15, -0.1) is 0 Å². The third-order valence-corrected chi connectivity index (χ3v) is 0.910. The van der Waals surface area contributed by atoms with Crippen LogP contribution in [0.25, 0.3) is 0 Å². The van der Waals surface area contributed by atoms with E-state index in [1.165, 1.54) is 0 Å². The van der Waals surface area contributed by atoms with E-state index >= 15 is 0 Å². The normalized spacial score (nSPS) is 9.35. The van der Waals surface area contributed by atoms with Gasteiger partial charge in [-0.05, 0) is 0 Å². The first-order valence-electron chi connectivity index (χ1n) is 4.08. The van der Waals surface area contributed by atoms with E-state index in [9.17, 15) is 14.4 Å². The van der Waals surface area contributed by atoms with Crippen LogP contribution in [0.5, 0.6) is 0 Å². The highest BCUT2D eigenvalue weighted by Gasteiger charge is 1.99. The molecule has 8 nitrogen and oxygen atoms in total. The van der Waals surface area contributed by atoms with Crippen LogP contribution in [0.1, 0.15) is 0 Å². The van der Waals surface area contributed by atoms with Crippen LogP contribution in [0.3, 0.4) is 0 Å². The number of ether oxygens (including phenoxy) is 1. The summed E-state index contributed by atoms with van der Waals surface area (Å²) >= 11 is 0. The first kappa shape index (κ1) is 17.2. The van der Waals surface area contributed by atoms with Crippen molar-refractivity contribution in [2.45, 2.75) is 6.29 Å². The fourth-order valence-corrected chi connectivity index (χ4v) is 0.358. The molecule has 0 aromatic carbocycles. The van der Waals surface area contributed by atoms with Crippen LogP contribution in [0.2, 0.25) is 0 Å². The van der Waals surface area contributed by atoms with Gasteiger partial charge in [0, 0.05) is 18.2 Å². The average Bonchev–Trinajstić information content (AvgIpc) is 2.23. The van der Waals surface area contributed by atoms with E-state index in [0.29, 0.717) is 12.2 Å². The lowest BCUT2D eigenvalue weighted by molar-refractivity contribution is -0.150. The number of aliphatic carboxylic acids is 2. The molecule has 17 heavy (non-hydrogen) atoms. The Labute approximate surface area is 96.1 Å². The van der Waals surface area contributed by atoms with Crippen molar-refractivity contribution in [1.82, 2.24) is 0 Å². The number of rotatable bonds is 5. The Morgan fingerprint density at radius 3 is 1.76 bits per heavy atom. The second kappa shape index (κ2) is 10.3. The van der Waals surface area contributed by atoms with Crippen LogP contribution in [-0.4, -0.2) is 51.2 Å². The molecule has 0 spiro atoms. The summed E-state index contributed by atoms with van der Waals surface area (Å²) in [5.41, 5.74) is 0. The molecule has 96 valence electrons. The van der Waals surface area contributed by atoms with Crippen molar-refractivity contribution in [3.63, 3.8) is 0 Å². The summed E-state index contributed by atoms with van der Waals surface area (Å²) in [7, 11) is 0. The first-order chi connectivity index (χ1) is 7.79. The fourth-order valence-electron chi connectivity index (χ4n) is 0.358. The van der Waals surface area contributed by atoms with Crippen molar-refractivity contribution in [3.8, 4) is 0 Å². The van der Waals surface area contributed by atoms with Gasteiger partial charge in [0.15, 0.2) is 6.29 Å². The van der Waals surface area contributed by atoms with Gasteiger partial charge < -0.3 is 25.2 Å². The zero-order valence-electron chi connectivity index (χ0n) is 8.65. The second-order valence-corrected chi connectivity index (χ2v) is 2.32. The third-order valence-electron chi connectivity index (χ3n) is 0.910. The van der Waals surface area contributed by atoms with Crippen LogP contribution < -0.4 is 0 Å². The number of aliphatic hydroxyl groups excluding tert-OH is 1. The van der Waals surface area contributed by atoms with Crippen molar-refractivity contribution < 1.29 is 39.5 Å². The Balaban J connectivity index is 0. The molecule has 0 heterocycles. The summed E-state index contributed by atoms with van der Waals surface area (Å²) in [6.07, 6.45) is 0.460. The number of carboxylic acid groups (broad SMARTS) is 2. The molecule has 0 rings (SSSR count). The number of carbonyl (C=O) groups excluding carboxylic acids is 1. The average molecular weight is 248 g/mol. The first-order valence-corrected chi connectivity index (χ1v) is 4.08. The minimum Gasteiger partial charge on any atom is -0.478 e. The molecule has 0 aliphatic heterocycles. The van der Waals surface area contributed by atoms with Crippen molar-refractivity contribution in [2.24, 2.45) is 0 Å². The van der Waals surface area contributed by atoms with Gasteiger partial charge >= 0.3 is 17.9 Å². The quantitative estimate of drug-likeness (QED) is 0.268. The SMILES string of the molecule is C=CC(=O)OCC(O)O.O=C(O)C=CC(=O)O. The Morgan fingerprint density at radius 1 is 1.12 bits per heavy atom. The Bertz CT molecular complexity index is 288. The Morgan fingerprint density at radius 2 is 1.53 bits per heavy atom. The summed E-state index contributed by atoms with van der Waals surface area (Å²) < 4.78 is 4.20. The highest BCUT2D eigenvalue weighted by molar-refractivity contribution is 5.89. The lowest BCUT2D eigenvalue weighted by Crippen LogP contribution is -2.16. The molecule has 0 atom stereocenters. The van der Waals surface area contributed by atoms with Crippen LogP contribution in [0.15, 0.2) is 24.8 Å². The monoisotopic (exact) mass is 248 g/mol. The van der Waals surface area contributed by atoms with E-state index in [4.69, 9.17) is 20.4 Å². The van der Waals surface area contributed by atoms with Crippen molar-refractivity contribution in [2.75, 3.05) is 6.61 Å². The number of carboxylic acids is 2. The van der Waals surface area contributed by atoms with E-state index in [2.05, 4.69) is 11.3 Å². The zero-order chi connectivity index (χ0) is 13.8. The molecule has 0 aliphatic rings. The highest BCUT2D eigenvalue weighted by Crippen LogP contribution is 1.81. The van der Waals surface area contributed by atoms with E-state index in [1.807, 2.05) is 0 Å². The molecular weight excluding hydrogens is 236 g/mol. The van der Waals surface area contributed by atoms with Crippen LogP contribution in [0.4, 0.5) is 0 Å². The van der Waals surface area contributed by atoms with Gasteiger partial charge in [-0.2, -0.15) is 0 Å². The van der Waals surface area contributed by atoms with Crippen LogP contribution in [0, 0.1) is 0 Å². The van der Waals surface area contributed by atoms with Gasteiger partial charge in [0.2, 0.25) is 0 Å². The van der Waals surface area contributed by atoms with Gasteiger partial charge in [0.05, 0.1) is 0 Å². The van der Waals surface area contributed by atoms with Gasteiger partial charge in [-0.3, -0.25) is 0 Å². The molecule has 8 heteroatoms. The van der Waals surface area contributed by atoms with Gasteiger partial charge in [-0.1, -0.05) is 6.58 Å². The van der Waals surface area contributed by atoms with Crippen molar-refractivity contribution in [1.29, 1.82) is 0 Å². The summed E-state index contributed by atoms with van der Waals surface area (Å²) in [6, 6.07) is 0. The molecule has 0 bridgehead atoms. The lowest BCUT2D eigenvalue weighted by Gasteiger charge is -2.01. The number of hydrogen-bond acceptors (Lipinski definition) is 6. The summed E-state index contributed by atoms with van der Waals surface area (Å²) in [5, 5.41) is 31.9. The minimum atomic E-state index is -1.60. The van der Waals surface area contributed by atoms with E-state index in [1.54, 1.807) is 0 Å². The topological polar surface area (TPSA) is 141 Å². The summed E-state index contributed by atoms with van der Waals surface area (Å²) in [6.45, 7) is 2.69. The van der Waals surface area contributed by atoms with Crippen LogP contribution >= 0.6 is 0 Å². The molecule has 0 aliphatic carbocycles. The molecule has 0 saturated heterocycles. The third kappa shape index (κ3) is 20.0. The fraction of sp³-hybridized carbons (Fsp3) is 0.222. The van der Waals surface area contributed by atoms with Gasteiger partial charge in [0.25, 0.3) is 0 Å². The maximum atomic E-state index is 10.2. The van der Waals surface area contributed by atoms with Crippen molar-refractivity contribution in [3.05, 3.63) is 24.8 Å². The number of aliphatic hydroxyl groups is 2. The molecule has 0 amide bonds. The zero-order valence-corrected chi connectivity index (χ0v) is 8.65. The molecule has 4 N–H and O–H groups in total. The molecule has 0 radical (unpaired) electrons. The molecule has 0 aromatic rings. The Kier molecular flexibility index (Phi) is 10.5. The van der Waals surface area contributed by atoms with E-state index in [-0.39, 0.29) is 0 Å². The standard InChI is InChI=1S/C5H8O4.C4H4O4/c1-2-5(8)9-3-4(6)7;5-3(6)1-2-4(7)8/h2,4,6-7H,1,3H2;1-2H,(H,5,6)(H,7,8). The molecule has 0 saturated carbocycles. The highest BCUT2D eigenvalue weighted by atomic mass is 16.6. The largest absolute Gasteiger partial charge is 0.478 e. The predicted octanol–water partition coefficient (Wildman–Crippen LogP) is -1.26. The molecular formula is C9H12O8. The smallest absolute Gasteiger partial charge is 0.330 e. The number of esters is 1. The maximum absolute atomic E-state index is 10.2. The van der Waals surface area contributed by atoms with Gasteiger partial charge in [-0.25, -0.2) is 14.4 Å². The molecule has 0 aromatic heterocycles. The van der Waals surface area contributed by atoms with Crippen molar-refractivity contribution >= 4 is 17.9 Å². The lowest BCUT2D eigenvalue weighted by atomic mass is 10.5. The van der Waals surface area contributed by atoms with E-state index < -0.39 is 30.8 Å². The summed E-state index contributed by atoms with van der Waals surface area (Å²) in [5.74, 6) is -3.18. The molecule has 0 fully saturated rings. The van der Waals surface area contributed by atoms with Crippen LogP contribution in [-0.2, 0) is 19.1 Å². The molecule has 0 unspecified atom stereocenters. The van der Waals surface area contributed by atoms with E-state index in [0.717, 1.165) is 6.08 Å². The summed E-state index contributed by atoms with van der Waals surface area (Å²) in [4.78, 5) is 29.3.